The highest BCUT2D eigenvalue weighted by atomic mass is 19.1. The Morgan fingerprint density at radius 3 is 2.23 bits per heavy atom. The Labute approximate surface area is 176 Å². The number of carbonyl (C=O) groups is 1. The van der Waals surface area contributed by atoms with Crippen LogP contribution in [0.1, 0.15) is 28.8 Å². The summed E-state index contributed by atoms with van der Waals surface area (Å²) in [6, 6.07) is 8.07. The fourth-order valence-corrected chi connectivity index (χ4v) is 4.50. The van der Waals surface area contributed by atoms with Gasteiger partial charge in [-0.3, -0.25) is 19.1 Å². The van der Waals surface area contributed by atoms with Crippen LogP contribution >= 0.6 is 0 Å². The van der Waals surface area contributed by atoms with Gasteiger partial charge < -0.3 is 9.80 Å². The number of halogens is 1. The maximum absolute atomic E-state index is 13.2. The molecule has 2 saturated heterocycles. The molecule has 0 aliphatic carbocycles. The molecule has 2 aromatic rings. The molecule has 0 saturated carbocycles. The minimum atomic E-state index is -0.363. The normalized spacial score (nSPS) is 19.2. The molecule has 160 valence electrons. The molecule has 1 aromatic carbocycles. The molecule has 0 unspecified atom stereocenters. The highest BCUT2D eigenvalue weighted by molar-refractivity contribution is 5.95. The Balaban J connectivity index is 1.49. The van der Waals surface area contributed by atoms with Gasteiger partial charge in [0.15, 0.2) is 0 Å². The van der Waals surface area contributed by atoms with E-state index in [2.05, 4.69) is 16.8 Å². The van der Waals surface area contributed by atoms with Crippen LogP contribution in [0.15, 0.2) is 41.3 Å². The van der Waals surface area contributed by atoms with Crippen LogP contribution in [-0.2, 0) is 0 Å². The lowest BCUT2D eigenvalue weighted by molar-refractivity contribution is 0.0473. The Morgan fingerprint density at radius 2 is 1.60 bits per heavy atom. The molecule has 0 N–H and O–H groups in total. The number of piperidine rings is 1. The van der Waals surface area contributed by atoms with E-state index in [4.69, 9.17) is 0 Å². The Kier molecular flexibility index (Phi) is 6.01. The van der Waals surface area contributed by atoms with Crippen molar-refractivity contribution in [3.05, 3.63) is 63.8 Å². The molecule has 0 atom stereocenters. The SMILES string of the molecule is Cc1ccn(-c2ccc(F)cc2)c(=O)c1C(=O)N1CCN(C2CCN(C)CC2)CC1. The lowest BCUT2D eigenvalue weighted by atomic mass is 10.0. The van der Waals surface area contributed by atoms with Gasteiger partial charge in [0.1, 0.15) is 11.4 Å². The fourth-order valence-electron chi connectivity index (χ4n) is 4.50. The maximum atomic E-state index is 13.2. The topological polar surface area (TPSA) is 48.8 Å². The van der Waals surface area contributed by atoms with Crippen LogP contribution in [0.3, 0.4) is 0 Å². The van der Waals surface area contributed by atoms with Crippen molar-refractivity contribution in [2.75, 3.05) is 46.3 Å². The molecule has 0 radical (unpaired) electrons. The van der Waals surface area contributed by atoms with Crippen LogP contribution in [0.5, 0.6) is 0 Å². The number of benzene rings is 1. The highest BCUT2D eigenvalue weighted by Crippen LogP contribution is 2.19. The number of nitrogens with zero attached hydrogens (tertiary/aromatic N) is 4. The number of rotatable bonds is 3. The molecule has 4 rings (SSSR count). The summed E-state index contributed by atoms with van der Waals surface area (Å²) in [4.78, 5) is 33.0. The monoisotopic (exact) mass is 412 g/mol. The molecule has 2 aliphatic rings. The Bertz CT molecular complexity index is 956. The van der Waals surface area contributed by atoms with Crippen LogP contribution in [-0.4, -0.2) is 77.5 Å². The predicted octanol–water partition coefficient (Wildman–Crippen LogP) is 2.14. The van der Waals surface area contributed by atoms with E-state index in [1.54, 1.807) is 36.2 Å². The van der Waals surface area contributed by atoms with Crippen LogP contribution in [0, 0.1) is 12.7 Å². The minimum absolute atomic E-state index is 0.203. The first kappa shape index (κ1) is 20.8. The average Bonchev–Trinajstić information content (AvgIpc) is 2.75. The Hall–Kier alpha value is -2.51. The first-order valence-electron chi connectivity index (χ1n) is 10.6. The van der Waals surface area contributed by atoms with E-state index in [1.165, 1.54) is 29.5 Å². The number of likely N-dealkylation sites (tertiary alicyclic amines) is 1. The number of amides is 1. The van der Waals surface area contributed by atoms with E-state index < -0.39 is 0 Å². The molecular weight excluding hydrogens is 383 g/mol. The van der Waals surface area contributed by atoms with Crippen molar-refractivity contribution in [2.24, 2.45) is 0 Å². The van der Waals surface area contributed by atoms with Crippen LogP contribution < -0.4 is 5.56 Å². The van der Waals surface area contributed by atoms with Crippen molar-refractivity contribution in [2.45, 2.75) is 25.8 Å². The van der Waals surface area contributed by atoms with Crippen molar-refractivity contribution in [1.82, 2.24) is 19.3 Å². The van der Waals surface area contributed by atoms with Gasteiger partial charge in [0.05, 0.1) is 0 Å². The maximum Gasteiger partial charge on any atom is 0.268 e. The summed E-state index contributed by atoms with van der Waals surface area (Å²) in [5.41, 5.74) is 1.06. The van der Waals surface area contributed by atoms with Gasteiger partial charge in [0.2, 0.25) is 0 Å². The van der Waals surface area contributed by atoms with Crippen LogP contribution in [0.25, 0.3) is 5.69 Å². The molecule has 0 bridgehead atoms. The third-order valence-electron chi connectivity index (χ3n) is 6.43. The van der Waals surface area contributed by atoms with Gasteiger partial charge in [-0.1, -0.05) is 0 Å². The van der Waals surface area contributed by atoms with E-state index in [0.29, 0.717) is 30.4 Å². The minimum Gasteiger partial charge on any atom is -0.336 e. The van der Waals surface area contributed by atoms with Gasteiger partial charge in [0.25, 0.3) is 11.5 Å². The van der Waals surface area contributed by atoms with Crippen LogP contribution in [0.4, 0.5) is 4.39 Å². The number of hydrogen-bond acceptors (Lipinski definition) is 4. The van der Waals surface area contributed by atoms with Gasteiger partial charge >= 0.3 is 0 Å². The van der Waals surface area contributed by atoms with Crippen molar-refractivity contribution < 1.29 is 9.18 Å². The smallest absolute Gasteiger partial charge is 0.268 e. The first-order chi connectivity index (χ1) is 14.4. The predicted molar refractivity (Wildman–Crippen MR) is 115 cm³/mol. The molecule has 7 heteroatoms. The lowest BCUT2D eigenvalue weighted by Gasteiger charge is -2.42. The molecule has 2 aliphatic heterocycles. The van der Waals surface area contributed by atoms with E-state index in [-0.39, 0.29) is 22.8 Å². The van der Waals surface area contributed by atoms with Crippen LogP contribution in [0.2, 0.25) is 0 Å². The zero-order valence-electron chi connectivity index (χ0n) is 17.7. The number of aromatic nitrogens is 1. The van der Waals surface area contributed by atoms with Crippen molar-refractivity contribution >= 4 is 5.91 Å². The number of piperazine rings is 1. The number of aryl methyl sites for hydroxylation is 1. The summed E-state index contributed by atoms with van der Waals surface area (Å²) in [6.45, 7) is 6.99. The molecular formula is C23H29FN4O2. The summed E-state index contributed by atoms with van der Waals surface area (Å²) < 4.78 is 14.7. The third-order valence-corrected chi connectivity index (χ3v) is 6.43. The second-order valence-electron chi connectivity index (χ2n) is 8.39. The van der Waals surface area contributed by atoms with Gasteiger partial charge in [-0.15, -0.1) is 0 Å². The molecule has 30 heavy (non-hydrogen) atoms. The van der Waals surface area contributed by atoms with E-state index >= 15 is 0 Å². The number of pyridine rings is 1. The number of hydrogen-bond donors (Lipinski definition) is 0. The van der Waals surface area contributed by atoms with E-state index in [1.807, 2.05) is 0 Å². The highest BCUT2D eigenvalue weighted by Gasteiger charge is 2.30. The lowest BCUT2D eigenvalue weighted by Crippen LogP contribution is -2.54. The standard InChI is InChI=1S/C23H29FN4O2/c1-17-7-12-28(20-5-3-18(24)4-6-20)23(30)21(17)22(29)27-15-13-26(14-16-27)19-8-10-25(2)11-9-19/h3-7,12,19H,8-11,13-16H2,1-2H3. The van der Waals surface area contributed by atoms with Crippen molar-refractivity contribution in [3.63, 3.8) is 0 Å². The largest absolute Gasteiger partial charge is 0.336 e. The third kappa shape index (κ3) is 4.18. The summed E-state index contributed by atoms with van der Waals surface area (Å²) in [7, 11) is 2.16. The fraction of sp³-hybridized carbons (Fsp3) is 0.478. The summed E-state index contributed by atoms with van der Waals surface area (Å²) in [6.07, 6.45) is 3.98. The van der Waals surface area contributed by atoms with Gasteiger partial charge in [-0.2, -0.15) is 0 Å². The Morgan fingerprint density at radius 1 is 0.967 bits per heavy atom. The van der Waals surface area contributed by atoms with Crippen molar-refractivity contribution in [1.29, 1.82) is 0 Å². The van der Waals surface area contributed by atoms with E-state index in [9.17, 15) is 14.0 Å². The number of carbonyl (C=O) groups excluding carboxylic acids is 1. The molecule has 2 fully saturated rings. The first-order valence-corrected chi connectivity index (χ1v) is 10.6. The van der Waals surface area contributed by atoms with Gasteiger partial charge in [-0.25, -0.2) is 4.39 Å². The van der Waals surface area contributed by atoms with Crippen molar-refractivity contribution in [3.8, 4) is 5.69 Å². The summed E-state index contributed by atoms with van der Waals surface area (Å²) in [5.74, 6) is -0.574. The zero-order valence-corrected chi connectivity index (χ0v) is 17.7. The quantitative estimate of drug-likeness (QED) is 0.775. The molecule has 0 spiro atoms. The molecule has 3 heterocycles. The van der Waals surface area contributed by atoms with Gasteiger partial charge in [0, 0.05) is 44.1 Å². The van der Waals surface area contributed by atoms with E-state index in [0.717, 1.165) is 26.2 Å². The average molecular weight is 413 g/mol. The summed E-state index contributed by atoms with van der Waals surface area (Å²) in [5, 5.41) is 0. The zero-order chi connectivity index (χ0) is 21.3. The second kappa shape index (κ2) is 8.70. The molecule has 6 nitrogen and oxygen atoms in total. The second-order valence-corrected chi connectivity index (χ2v) is 8.39. The van der Waals surface area contributed by atoms with Gasteiger partial charge in [-0.05, 0) is 75.8 Å². The molecule has 1 amide bonds. The molecule has 1 aromatic heterocycles. The summed E-state index contributed by atoms with van der Waals surface area (Å²) >= 11 is 0.